The number of hydrogen-bond acceptors (Lipinski definition) is 4. The molecule has 1 unspecified atom stereocenters. The molecule has 0 radical (unpaired) electrons. The molecule has 3 rings (SSSR count). The molecule has 0 amide bonds. The van der Waals surface area contributed by atoms with E-state index < -0.39 is 12.5 Å². The lowest BCUT2D eigenvalue weighted by atomic mass is 10.0. The molecule has 1 atom stereocenters. The van der Waals surface area contributed by atoms with E-state index in [4.69, 9.17) is 0 Å². The van der Waals surface area contributed by atoms with Crippen molar-refractivity contribution in [3.8, 4) is 22.6 Å². The van der Waals surface area contributed by atoms with Crippen LogP contribution in [0.3, 0.4) is 0 Å². The summed E-state index contributed by atoms with van der Waals surface area (Å²) in [5, 5.41) is 13.6. The standard InChI is InChI=1S/C17H14F3N3O2/c1-11(24)16-21-10-23(22-16)13-6-4-5-12(9-13)14-7-2-3-8-15(14)25-17(18,19)20/h2-11,24H,1H3. The number of aliphatic hydroxyl groups excluding tert-OH is 1. The van der Waals surface area contributed by atoms with Crippen LogP contribution in [0, 0.1) is 0 Å². The van der Waals surface area contributed by atoms with Crippen molar-refractivity contribution in [3.05, 3.63) is 60.7 Å². The van der Waals surface area contributed by atoms with E-state index >= 15 is 0 Å². The molecule has 3 aromatic rings. The summed E-state index contributed by atoms with van der Waals surface area (Å²) in [5.41, 5.74) is 1.43. The Kier molecular flexibility index (Phi) is 4.45. The summed E-state index contributed by atoms with van der Waals surface area (Å²) in [5.74, 6) is -0.0263. The predicted molar refractivity (Wildman–Crippen MR) is 84.1 cm³/mol. The summed E-state index contributed by atoms with van der Waals surface area (Å²) in [4.78, 5) is 3.99. The van der Waals surface area contributed by atoms with Gasteiger partial charge in [0.05, 0.1) is 5.69 Å². The van der Waals surface area contributed by atoms with E-state index in [-0.39, 0.29) is 11.6 Å². The number of hydrogen-bond donors (Lipinski definition) is 1. The van der Waals surface area contributed by atoms with E-state index in [1.807, 2.05) is 0 Å². The largest absolute Gasteiger partial charge is 0.573 e. The second-order valence-electron chi connectivity index (χ2n) is 5.32. The third-order valence-corrected chi connectivity index (χ3v) is 3.42. The molecule has 0 fully saturated rings. The van der Waals surface area contributed by atoms with Gasteiger partial charge in [0.25, 0.3) is 0 Å². The van der Waals surface area contributed by atoms with Crippen LogP contribution < -0.4 is 4.74 Å². The van der Waals surface area contributed by atoms with Crippen LogP contribution >= 0.6 is 0 Å². The van der Waals surface area contributed by atoms with Gasteiger partial charge in [0.1, 0.15) is 18.2 Å². The monoisotopic (exact) mass is 349 g/mol. The Hall–Kier alpha value is -2.87. The minimum atomic E-state index is -4.77. The van der Waals surface area contributed by atoms with Crippen LogP contribution in [0.25, 0.3) is 16.8 Å². The summed E-state index contributed by atoms with van der Waals surface area (Å²) in [6.07, 6.45) is -4.16. The first-order chi connectivity index (χ1) is 11.8. The van der Waals surface area contributed by atoms with E-state index in [1.54, 1.807) is 43.3 Å². The van der Waals surface area contributed by atoms with Crippen molar-refractivity contribution in [3.63, 3.8) is 0 Å². The van der Waals surface area contributed by atoms with Gasteiger partial charge in [-0.3, -0.25) is 0 Å². The second kappa shape index (κ2) is 6.56. The van der Waals surface area contributed by atoms with Gasteiger partial charge in [-0.25, -0.2) is 9.67 Å². The lowest BCUT2D eigenvalue weighted by Gasteiger charge is -2.13. The van der Waals surface area contributed by atoms with E-state index in [0.29, 0.717) is 16.8 Å². The average Bonchev–Trinajstić information content (AvgIpc) is 3.04. The maximum absolute atomic E-state index is 12.6. The van der Waals surface area contributed by atoms with Gasteiger partial charge < -0.3 is 9.84 Å². The van der Waals surface area contributed by atoms with Crippen LogP contribution in [-0.2, 0) is 0 Å². The molecule has 8 heteroatoms. The first-order valence-electron chi connectivity index (χ1n) is 7.39. The van der Waals surface area contributed by atoms with Crippen molar-refractivity contribution >= 4 is 0 Å². The zero-order valence-corrected chi connectivity index (χ0v) is 13.1. The fraction of sp³-hybridized carbons (Fsp3) is 0.176. The Labute approximate surface area is 141 Å². The molecule has 0 saturated heterocycles. The zero-order chi connectivity index (χ0) is 18.0. The normalized spacial score (nSPS) is 12.8. The fourth-order valence-electron chi connectivity index (χ4n) is 2.33. The number of rotatable bonds is 4. The highest BCUT2D eigenvalue weighted by Crippen LogP contribution is 2.34. The van der Waals surface area contributed by atoms with E-state index in [9.17, 15) is 18.3 Å². The average molecular weight is 349 g/mol. The van der Waals surface area contributed by atoms with Gasteiger partial charge in [-0.05, 0) is 30.7 Å². The summed E-state index contributed by atoms with van der Waals surface area (Å²) in [6.45, 7) is 1.54. The molecule has 1 aromatic heterocycles. The number of ether oxygens (including phenoxy) is 1. The zero-order valence-electron chi connectivity index (χ0n) is 13.1. The van der Waals surface area contributed by atoms with Crippen LogP contribution in [0.1, 0.15) is 18.9 Å². The highest BCUT2D eigenvalue weighted by molar-refractivity contribution is 5.72. The van der Waals surface area contributed by atoms with Gasteiger partial charge in [0.2, 0.25) is 0 Å². The van der Waals surface area contributed by atoms with Crippen molar-refractivity contribution in [2.45, 2.75) is 19.4 Å². The van der Waals surface area contributed by atoms with Crippen molar-refractivity contribution in [1.29, 1.82) is 0 Å². The summed E-state index contributed by atoms with van der Waals surface area (Å²) in [7, 11) is 0. The Balaban J connectivity index is 1.99. The number of alkyl halides is 3. The molecule has 0 bridgehead atoms. The molecule has 130 valence electrons. The highest BCUT2D eigenvalue weighted by atomic mass is 19.4. The minimum Gasteiger partial charge on any atom is -0.405 e. The molecule has 1 N–H and O–H groups in total. The Bertz CT molecular complexity index is 875. The number of benzene rings is 2. The number of aliphatic hydroxyl groups is 1. The molecule has 25 heavy (non-hydrogen) atoms. The first-order valence-corrected chi connectivity index (χ1v) is 7.39. The number of aromatic nitrogens is 3. The first kappa shape index (κ1) is 17.0. The van der Waals surface area contributed by atoms with Crippen LogP contribution in [-0.4, -0.2) is 26.2 Å². The second-order valence-corrected chi connectivity index (χ2v) is 5.32. The van der Waals surface area contributed by atoms with Gasteiger partial charge in [-0.1, -0.05) is 30.3 Å². The third-order valence-electron chi connectivity index (χ3n) is 3.42. The lowest BCUT2D eigenvalue weighted by molar-refractivity contribution is -0.274. The molecular weight excluding hydrogens is 335 g/mol. The van der Waals surface area contributed by atoms with Gasteiger partial charge >= 0.3 is 6.36 Å². The molecule has 1 heterocycles. The molecule has 0 aliphatic rings. The quantitative estimate of drug-likeness (QED) is 0.776. The number of halogens is 3. The topological polar surface area (TPSA) is 60.2 Å². The van der Waals surface area contributed by atoms with Crippen molar-refractivity contribution in [2.24, 2.45) is 0 Å². The van der Waals surface area contributed by atoms with Crippen LogP contribution in [0.2, 0.25) is 0 Å². The van der Waals surface area contributed by atoms with Crippen molar-refractivity contribution in [1.82, 2.24) is 14.8 Å². The van der Waals surface area contributed by atoms with Crippen LogP contribution in [0.4, 0.5) is 13.2 Å². The molecule has 5 nitrogen and oxygen atoms in total. The number of para-hydroxylation sites is 1. The maximum atomic E-state index is 12.6. The molecule has 0 aliphatic heterocycles. The maximum Gasteiger partial charge on any atom is 0.573 e. The highest BCUT2D eigenvalue weighted by Gasteiger charge is 2.32. The summed E-state index contributed by atoms with van der Waals surface area (Å²) >= 11 is 0. The molecule has 2 aromatic carbocycles. The van der Waals surface area contributed by atoms with Gasteiger partial charge in [-0.2, -0.15) is 0 Å². The lowest BCUT2D eigenvalue weighted by Crippen LogP contribution is -2.17. The minimum absolute atomic E-state index is 0.256. The van der Waals surface area contributed by atoms with Gasteiger partial charge in [0, 0.05) is 5.56 Å². The van der Waals surface area contributed by atoms with E-state index in [0.717, 1.165) is 0 Å². The number of nitrogens with zero attached hydrogens (tertiary/aromatic N) is 3. The summed E-state index contributed by atoms with van der Waals surface area (Å²) in [6, 6.07) is 12.7. The molecule has 0 aliphatic carbocycles. The smallest absolute Gasteiger partial charge is 0.405 e. The van der Waals surface area contributed by atoms with E-state index in [2.05, 4.69) is 14.8 Å². The molecular formula is C17H14F3N3O2. The Morgan fingerprint density at radius 3 is 2.56 bits per heavy atom. The Morgan fingerprint density at radius 1 is 1.12 bits per heavy atom. The van der Waals surface area contributed by atoms with Crippen molar-refractivity contribution in [2.75, 3.05) is 0 Å². The van der Waals surface area contributed by atoms with Crippen LogP contribution in [0.15, 0.2) is 54.9 Å². The fourth-order valence-corrected chi connectivity index (χ4v) is 2.33. The van der Waals surface area contributed by atoms with Gasteiger partial charge in [0.15, 0.2) is 5.82 Å². The van der Waals surface area contributed by atoms with Crippen LogP contribution in [0.5, 0.6) is 5.75 Å². The summed E-state index contributed by atoms with van der Waals surface area (Å²) < 4.78 is 43.3. The molecule has 0 spiro atoms. The SMILES string of the molecule is CC(O)c1ncn(-c2cccc(-c3ccccc3OC(F)(F)F)c2)n1. The predicted octanol–water partition coefficient (Wildman–Crippen LogP) is 3.89. The third kappa shape index (κ3) is 3.97. The van der Waals surface area contributed by atoms with Crippen molar-refractivity contribution < 1.29 is 23.0 Å². The molecule has 0 saturated carbocycles. The van der Waals surface area contributed by atoms with E-state index in [1.165, 1.54) is 23.1 Å². The van der Waals surface area contributed by atoms with Gasteiger partial charge in [-0.15, -0.1) is 18.3 Å². The Morgan fingerprint density at radius 2 is 1.88 bits per heavy atom.